The van der Waals surface area contributed by atoms with Crippen LogP contribution in [-0.4, -0.2) is 75.7 Å². The largest absolute Gasteiger partial charge is 0.345 e. The summed E-state index contributed by atoms with van der Waals surface area (Å²) < 4.78 is 57.1. The molecule has 12 nitrogen and oxygen atoms in total. The fourth-order valence-corrected chi connectivity index (χ4v) is 6.82. The van der Waals surface area contributed by atoms with Gasteiger partial charge in [0.2, 0.25) is 21.1 Å². The van der Waals surface area contributed by atoms with Crippen LogP contribution in [0.1, 0.15) is 31.2 Å². The Bertz CT molecular complexity index is 1780. The number of amides is 1. The van der Waals surface area contributed by atoms with Crippen LogP contribution >= 0.6 is 11.3 Å². The third-order valence-electron chi connectivity index (χ3n) is 6.91. The number of piperazine rings is 1. The predicted molar refractivity (Wildman–Crippen MR) is 137 cm³/mol. The third-order valence-corrected chi connectivity index (χ3v) is 9.36. The lowest BCUT2D eigenvalue weighted by Gasteiger charge is -2.34. The number of likely N-dealkylation sites (N-methyl/N-ethyl adjacent to an activating group) is 1. The van der Waals surface area contributed by atoms with E-state index in [1.54, 1.807) is 11.0 Å². The van der Waals surface area contributed by atoms with Gasteiger partial charge in [0.05, 0.1) is 28.4 Å². The number of hydrogen-bond acceptors (Lipinski definition) is 10. The highest BCUT2D eigenvalue weighted by atomic mass is 32.2. The van der Waals surface area contributed by atoms with Gasteiger partial charge in [-0.1, -0.05) is 17.4 Å². The zero-order valence-electron chi connectivity index (χ0n) is 20.5. The molecule has 202 valence electrons. The number of carbonyl (C=O) groups excluding carboxylic acids is 1. The lowest BCUT2D eigenvalue weighted by Crippen LogP contribution is -2.50. The normalized spacial score (nSPS) is 17.4. The molecule has 2 fully saturated rings. The molecule has 0 bridgehead atoms. The molecule has 4 heterocycles. The van der Waals surface area contributed by atoms with Crippen molar-refractivity contribution in [3.8, 4) is 11.2 Å². The van der Waals surface area contributed by atoms with Gasteiger partial charge in [-0.3, -0.25) is 9.36 Å². The van der Waals surface area contributed by atoms with Gasteiger partial charge in [-0.25, -0.2) is 27.2 Å². The number of rotatable bonds is 7. The van der Waals surface area contributed by atoms with Gasteiger partial charge >= 0.3 is 0 Å². The Morgan fingerprint density at radius 2 is 2.03 bits per heavy atom. The molecule has 1 aromatic carbocycles. The Labute approximate surface area is 224 Å². The van der Waals surface area contributed by atoms with Gasteiger partial charge in [0.15, 0.2) is 10.7 Å². The molecule has 39 heavy (non-hydrogen) atoms. The highest BCUT2D eigenvalue weighted by Gasteiger charge is 2.47. The maximum atomic E-state index is 13.4. The Hall–Kier alpha value is -3.81. The van der Waals surface area contributed by atoms with E-state index in [1.807, 2.05) is 17.9 Å². The van der Waals surface area contributed by atoms with Crippen molar-refractivity contribution in [1.82, 2.24) is 34.4 Å². The third kappa shape index (κ3) is 4.26. The summed E-state index contributed by atoms with van der Waals surface area (Å²) in [6, 6.07) is 6.38. The number of anilines is 1. The van der Waals surface area contributed by atoms with Crippen LogP contribution < -0.4 is 9.62 Å². The van der Waals surface area contributed by atoms with Crippen LogP contribution in [0.4, 0.5) is 14.6 Å². The van der Waals surface area contributed by atoms with Gasteiger partial charge in [-0.15, -0.1) is 10.2 Å². The molecule has 1 aliphatic carbocycles. The smallest absolute Gasteiger partial charge is 0.291 e. The lowest BCUT2D eigenvalue weighted by molar-refractivity contribution is -0.130. The number of hydrogen-bond donors (Lipinski definition) is 1. The average molecular weight is 574 g/mol. The first-order valence-corrected chi connectivity index (χ1v) is 14.4. The first-order valence-electron chi connectivity index (χ1n) is 12.1. The number of nitrogens with one attached hydrogen (secondary N) is 1. The fraction of sp³-hybridized carbons (Fsp3) is 0.391. The summed E-state index contributed by atoms with van der Waals surface area (Å²) in [6.07, 6.45) is -0.705. The Balaban J connectivity index is 1.56. The predicted octanol–water partition coefficient (Wildman–Crippen LogP) is 2.37. The molecule has 0 atom stereocenters. The van der Waals surface area contributed by atoms with Crippen LogP contribution in [0, 0.1) is 11.3 Å². The molecule has 16 heteroatoms. The van der Waals surface area contributed by atoms with Crippen molar-refractivity contribution in [3.63, 3.8) is 0 Å². The molecule has 1 saturated carbocycles. The number of sulfonamides is 1. The molecular formula is C23H21F2N9O3S2. The highest BCUT2D eigenvalue weighted by Crippen LogP contribution is 2.40. The summed E-state index contributed by atoms with van der Waals surface area (Å²) in [5.41, 5.74) is -0.500. The molecule has 0 spiro atoms. The zero-order chi connectivity index (χ0) is 27.5. The van der Waals surface area contributed by atoms with Crippen LogP contribution in [0.25, 0.3) is 27.1 Å². The number of halogens is 2. The van der Waals surface area contributed by atoms with E-state index in [1.165, 1.54) is 23.0 Å². The SMILES string of the molecule is CCN1CCN(c2ncnc3c2c2ccc(S(=O)(=O)NC4(C#N)CC4)cc2n3-c2nnc(C(F)F)s2)CC1=O. The average Bonchev–Trinajstić information content (AvgIpc) is 3.36. The van der Waals surface area contributed by atoms with Crippen LogP contribution in [0.5, 0.6) is 0 Å². The molecule has 0 radical (unpaired) electrons. The molecule has 3 aromatic heterocycles. The minimum Gasteiger partial charge on any atom is -0.345 e. The van der Waals surface area contributed by atoms with E-state index in [-0.39, 0.29) is 22.5 Å². The van der Waals surface area contributed by atoms with Crippen molar-refractivity contribution < 1.29 is 22.0 Å². The first kappa shape index (κ1) is 25.5. The van der Waals surface area contributed by atoms with Crippen molar-refractivity contribution in [1.29, 1.82) is 5.26 Å². The van der Waals surface area contributed by atoms with Gasteiger partial charge in [-0.2, -0.15) is 9.98 Å². The van der Waals surface area contributed by atoms with E-state index in [0.29, 0.717) is 71.6 Å². The van der Waals surface area contributed by atoms with E-state index < -0.39 is 27.0 Å². The maximum absolute atomic E-state index is 13.4. The van der Waals surface area contributed by atoms with E-state index in [4.69, 9.17) is 0 Å². The number of aromatic nitrogens is 5. The van der Waals surface area contributed by atoms with Crippen LogP contribution in [0.15, 0.2) is 29.4 Å². The first-order chi connectivity index (χ1) is 18.7. The highest BCUT2D eigenvalue weighted by molar-refractivity contribution is 7.89. The van der Waals surface area contributed by atoms with Gasteiger partial charge in [-0.05, 0) is 31.9 Å². The number of nitriles is 1. The summed E-state index contributed by atoms with van der Waals surface area (Å²) in [6.45, 7) is 3.60. The summed E-state index contributed by atoms with van der Waals surface area (Å²) in [5.74, 6) is 0.400. The van der Waals surface area contributed by atoms with Crippen molar-refractivity contribution in [2.75, 3.05) is 31.1 Å². The quantitative estimate of drug-likeness (QED) is 0.351. The molecule has 1 amide bonds. The van der Waals surface area contributed by atoms with E-state index >= 15 is 0 Å². The van der Waals surface area contributed by atoms with Crippen molar-refractivity contribution in [2.45, 2.75) is 36.6 Å². The molecule has 1 N–H and O–H groups in total. The summed E-state index contributed by atoms with van der Waals surface area (Å²) in [7, 11) is -4.09. The molecule has 0 unspecified atom stereocenters. The fourth-order valence-electron chi connectivity index (χ4n) is 4.71. The maximum Gasteiger partial charge on any atom is 0.291 e. The lowest BCUT2D eigenvalue weighted by atomic mass is 10.2. The molecule has 1 aliphatic heterocycles. The molecule has 6 rings (SSSR count). The number of carbonyl (C=O) groups is 1. The second kappa shape index (κ2) is 9.14. The number of alkyl halides is 2. The second-order valence-corrected chi connectivity index (χ2v) is 12.0. The van der Waals surface area contributed by atoms with Crippen molar-refractivity contribution in [2.24, 2.45) is 0 Å². The summed E-state index contributed by atoms with van der Waals surface area (Å²) in [5, 5.41) is 17.5. The van der Waals surface area contributed by atoms with Gasteiger partial charge in [0, 0.05) is 25.0 Å². The molecular weight excluding hydrogens is 552 g/mol. The van der Waals surface area contributed by atoms with Crippen LogP contribution in [0.2, 0.25) is 0 Å². The van der Waals surface area contributed by atoms with Crippen LogP contribution in [-0.2, 0) is 14.8 Å². The molecule has 2 aliphatic rings. The molecule has 4 aromatic rings. The Morgan fingerprint density at radius 1 is 1.23 bits per heavy atom. The monoisotopic (exact) mass is 573 g/mol. The second-order valence-electron chi connectivity index (χ2n) is 9.33. The minimum absolute atomic E-state index is 0.0594. The van der Waals surface area contributed by atoms with E-state index in [0.717, 1.165) is 0 Å². The number of benzene rings is 1. The van der Waals surface area contributed by atoms with Crippen LogP contribution in [0.3, 0.4) is 0 Å². The number of nitrogens with zero attached hydrogens (tertiary/aromatic N) is 8. The summed E-state index contributed by atoms with van der Waals surface area (Å²) in [4.78, 5) is 25.0. The van der Waals surface area contributed by atoms with E-state index in [2.05, 4.69) is 24.9 Å². The Morgan fingerprint density at radius 3 is 2.67 bits per heavy atom. The van der Waals surface area contributed by atoms with Gasteiger partial charge in [0.25, 0.3) is 6.43 Å². The topological polar surface area (TPSA) is 150 Å². The Kier molecular flexibility index (Phi) is 5.97. The number of fused-ring (bicyclic) bond motifs is 3. The minimum atomic E-state index is -4.09. The van der Waals surface area contributed by atoms with Crippen molar-refractivity contribution in [3.05, 3.63) is 29.5 Å². The standard InChI is InChI=1S/C23H21F2N9O3S2/c1-2-32-7-8-33(10-16(32)35)19-17-14-4-3-13(39(36,37)31-23(11-26)5-6-23)9-15(14)34(20(17)28-12-27-19)22-30-29-21(38-22)18(24)25/h3-4,9,12,18,31H,2,5-8,10H2,1H3. The van der Waals surface area contributed by atoms with E-state index in [9.17, 15) is 27.3 Å². The van der Waals surface area contributed by atoms with Gasteiger partial charge < -0.3 is 9.80 Å². The molecule has 1 saturated heterocycles. The zero-order valence-corrected chi connectivity index (χ0v) is 22.1. The summed E-state index contributed by atoms with van der Waals surface area (Å²) >= 11 is 0.658. The van der Waals surface area contributed by atoms with Crippen molar-refractivity contribution >= 4 is 55.0 Å². The van der Waals surface area contributed by atoms with Gasteiger partial charge in [0.1, 0.15) is 17.7 Å².